The van der Waals surface area contributed by atoms with Crippen LogP contribution in [0.4, 0.5) is 15.0 Å². The summed E-state index contributed by atoms with van der Waals surface area (Å²) in [6.45, 7) is 9.79. The number of ether oxygens (including phenoxy) is 4. The van der Waals surface area contributed by atoms with Gasteiger partial charge < -0.3 is 28.7 Å². The molecule has 1 N–H and O–H groups in total. The average molecular weight is 759 g/mol. The zero-order valence-corrected chi connectivity index (χ0v) is 32.6. The van der Waals surface area contributed by atoms with E-state index in [9.17, 15) is 4.79 Å². The van der Waals surface area contributed by atoms with E-state index in [0.29, 0.717) is 48.6 Å². The van der Waals surface area contributed by atoms with Gasteiger partial charge in [-0.3, -0.25) is 5.10 Å². The minimum Gasteiger partial charge on any atom is -0.486 e. The molecule has 4 aliphatic rings. The first-order valence-corrected chi connectivity index (χ1v) is 19.5. The van der Waals surface area contributed by atoms with Gasteiger partial charge >= 0.3 is 12.1 Å². The first kappa shape index (κ1) is 36.2. The quantitative estimate of drug-likeness (QED) is 0.134. The smallest absolute Gasteiger partial charge is 0.410 e. The number of amides is 1. The highest BCUT2D eigenvalue weighted by atomic mass is 19.1. The predicted molar refractivity (Wildman–Crippen MR) is 212 cm³/mol. The summed E-state index contributed by atoms with van der Waals surface area (Å²) in [6, 6.07) is 11.6. The normalized spacial score (nSPS) is 19.8. The van der Waals surface area contributed by atoms with Crippen molar-refractivity contribution in [2.75, 3.05) is 38.3 Å². The van der Waals surface area contributed by atoms with Gasteiger partial charge in [0.1, 0.15) is 29.4 Å². The van der Waals surface area contributed by atoms with E-state index in [4.69, 9.17) is 35.3 Å². The van der Waals surface area contributed by atoms with Crippen LogP contribution in [0.2, 0.25) is 0 Å². The van der Waals surface area contributed by atoms with Crippen molar-refractivity contribution in [1.29, 1.82) is 0 Å². The zero-order chi connectivity index (χ0) is 38.9. The number of hydrogen-bond acceptors (Lipinski definition) is 9. The number of nitrogens with one attached hydrogen (secondary N) is 1. The fourth-order valence-electron chi connectivity index (χ4n) is 8.46. The van der Waals surface area contributed by atoms with Crippen molar-refractivity contribution in [2.45, 2.75) is 90.0 Å². The Morgan fingerprint density at radius 2 is 1.82 bits per heavy atom. The monoisotopic (exact) mass is 758 g/mol. The van der Waals surface area contributed by atoms with Gasteiger partial charge in [0.15, 0.2) is 5.75 Å². The molecule has 290 valence electrons. The largest absolute Gasteiger partial charge is 0.486 e. The number of carbonyl (C=O) groups excluding carboxylic acids is 1. The molecule has 0 radical (unpaired) electrons. The number of carbonyl (C=O) groups is 1. The van der Waals surface area contributed by atoms with Crippen LogP contribution in [0, 0.1) is 30.5 Å². The molecule has 0 unspecified atom stereocenters. The van der Waals surface area contributed by atoms with Gasteiger partial charge in [-0.2, -0.15) is 15.1 Å². The Balaban J connectivity index is 1.23. The fraction of sp³-hybridized carbons (Fsp3) is 0.455. The van der Waals surface area contributed by atoms with Crippen molar-refractivity contribution in [1.82, 2.24) is 25.1 Å². The van der Waals surface area contributed by atoms with Crippen LogP contribution in [-0.4, -0.2) is 82.3 Å². The molecule has 2 aliphatic carbocycles. The molecule has 5 aromatic rings. The summed E-state index contributed by atoms with van der Waals surface area (Å²) < 4.78 is 40.7. The topological polar surface area (TPSA) is 115 Å². The summed E-state index contributed by atoms with van der Waals surface area (Å²) in [6.07, 6.45) is 11.9. The molecule has 4 heterocycles. The molecule has 1 amide bonds. The minimum absolute atomic E-state index is 0.0147. The number of methoxy groups -OCH3 is 1. The molecule has 4 fully saturated rings. The van der Waals surface area contributed by atoms with Gasteiger partial charge in [-0.15, -0.1) is 6.42 Å². The number of rotatable bonds is 11. The maximum Gasteiger partial charge on any atom is 0.410 e. The predicted octanol–water partition coefficient (Wildman–Crippen LogP) is 8.06. The van der Waals surface area contributed by atoms with Gasteiger partial charge in [-0.1, -0.05) is 18.1 Å². The highest BCUT2D eigenvalue weighted by Gasteiger charge is 2.48. The maximum atomic E-state index is 15.9. The first-order chi connectivity index (χ1) is 26.9. The number of likely N-dealkylation sites (tertiary alicyclic amines) is 1. The summed E-state index contributed by atoms with van der Waals surface area (Å²) in [5, 5.41) is 8.93. The molecular weight excluding hydrogens is 712 g/mol. The molecule has 2 saturated heterocycles. The molecule has 3 aromatic carbocycles. The number of anilines is 1. The SMILES string of the molecule is C#Cc1ccc(COc2c(-c3c(C)c(F)cc4[nH]ncc34)c(C3CC3)cc3c(N4C[C@@H]5C[C@H]4CN5C(=O)OC(C)(C)C)nc(OCC4(COC)CC4)nc23)cc1. The first-order valence-electron chi connectivity index (χ1n) is 19.5. The Hall–Kier alpha value is -5.41. The van der Waals surface area contributed by atoms with Gasteiger partial charge in [0.2, 0.25) is 0 Å². The van der Waals surface area contributed by atoms with Gasteiger partial charge in [-0.05, 0) is 107 Å². The van der Waals surface area contributed by atoms with E-state index in [1.54, 1.807) is 13.3 Å². The maximum absolute atomic E-state index is 15.9. The highest BCUT2D eigenvalue weighted by molar-refractivity contribution is 6.06. The summed E-state index contributed by atoms with van der Waals surface area (Å²) in [7, 11) is 1.71. The molecule has 12 heteroatoms. The van der Waals surface area contributed by atoms with E-state index in [-0.39, 0.29) is 47.9 Å². The van der Waals surface area contributed by atoms with Crippen molar-refractivity contribution >= 4 is 33.7 Å². The van der Waals surface area contributed by atoms with Crippen molar-refractivity contribution in [2.24, 2.45) is 5.41 Å². The van der Waals surface area contributed by atoms with Crippen LogP contribution in [0.5, 0.6) is 11.8 Å². The molecule has 2 atom stereocenters. The van der Waals surface area contributed by atoms with E-state index in [1.165, 1.54) is 6.07 Å². The Morgan fingerprint density at radius 1 is 1.04 bits per heavy atom. The summed E-state index contributed by atoms with van der Waals surface area (Å²) in [5.41, 5.74) is 5.30. The standard InChI is InChI=1S/C44H47FN6O5/c1-7-26-8-10-27(11-9-26)22-54-39-37(36-25(2)34(45)18-35-33(36)19-46-49-35)31(28-12-13-28)17-32-38(39)47-41(55-24-44(14-15-44)23-53-6)48-40(32)50-20-30-16-29(50)21-51(30)42(52)56-43(3,4)5/h1,8-11,17-19,28-30H,12-16,20-24H2,2-6H3,(H,46,49)/t29-,30-/m0/s1. The molecule has 9 rings (SSSR count). The van der Waals surface area contributed by atoms with Gasteiger partial charge in [0, 0.05) is 53.1 Å². The van der Waals surface area contributed by atoms with E-state index in [2.05, 4.69) is 27.1 Å². The number of nitrogens with zero attached hydrogens (tertiary/aromatic N) is 5. The Bertz CT molecular complexity index is 2390. The van der Waals surface area contributed by atoms with Crippen molar-refractivity contribution in [3.05, 3.63) is 70.7 Å². The van der Waals surface area contributed by atoms with Crippen LogP contribution in [0.25, 0.3) is 32.9 Å². The zero-order valence-electron chi connectivity index (χ0n) is 32.6. The average Bonchev–Trinajstić information content (AvgIpc) is 4.03. The van der Waals surface area contributed by atoms with Crippen molar-refractivity contribution < 1.29 is 28.1 Å². The van der Waals surface area contributed by atoms with Crippen LogP contribution in [-0.2, 0) is 16.1 Å². The van der Waals surface area contributed by atoms with E-state index in [1.807, 2.05) is 56.9 Å². The number of H-pyrrole nitrogens is 1. The molecule has 0 spiro atoms. The fourth-order valence-corrected chi connectivity index (χ4v) is 8.46. The number of piperazine rings is 1. The van der Waals surface area contributed by atoms with E-state index >= 15 is 4.39 Å². The van der Waals surface area contributed by atoms with Crippen molar-refractivity contribution in [3.8, 4) is 35.2 Å². The van der Waals surface area contributed by atoms with Crippen LogP contribution in [0.3, 0.4) is 0 Å². The molecule has 56 heavy (non-hydrogen) atoms. The lowest BCUT2D eigenvalue weighted by molar-refractivity contribution is 0.0214. The van der Waals surface area contributed by atoms with Gasteiger partial charge in [0.05, 0.1) is 37.0 Å². The molecule has 2 bridgehead atoms. The molecule has 11 nitrogen and oxygen atoms in total. The van der Waals surface area contributed by atoms with Crippen LogP contribution in [0.15, 0.2) is 42.6 Å². The Labute approximate surface area is 325 Å². The van der Waals surface area contributed by atoms with Crippen LogP contribution < -0.4 is 14.4 Å². The third-order valence-electron chi connectivity index (χ3n) is 11.7. The number of benzene rings is 3. The lowest BCUT2D eigenvalue weighted by atomic mass is 9.88. The number of fused-ring (bicyclic) bond motifs is 4. The van der Waals surface area contributed by atoms with E-state index < -0.39 is 5.60 Å². The van der Waals surface area contributed by atoms with Gasteiger partial charge in [0.25, 0.3) is 0 Å². The highest BCUT2D eigenvalue weighted by Crippen LogP contribution is 2.54. The number of hydrogen-bond donors (Lipinski definition) is 1. The third kappa shape index (κ3) is 6.66. The second-order valence-corrected chi connectivity index (χ2v) is 17.0. The van der Waals surface area contributed by atoms with Crippen LogP contribution >= 0.6 is 0 Å². The molecule has 2 aliphatic heterocycles. The number of aromatic nitrogens is 4. The lowest BCUT2D eigenvalue weighted by Crippen LogP contribution is -2.50. The lowest BCUT2D eigenvalue weighted by Gasteiger charge is -2.36. The van der Waals surface area contributed by atoms with Crippen molar-refractivity contribution in [3.63, 3.8) is 0 Å². The summed E-state index contributed by atoms with van der Waals surface area (Å²) in [5.74, 6) is 3.85. The van der Waals surface area contributed by atoms with E-state index in [0.717, 1.165) is 76.5 Å². The Kier molecular flexibility index (Phi) is 8.84. The minimum atomic E-state index is -0.589. The van der Waals surface area contributed by atoms with Crippen LogP contribution in [0.1, 0.15) is 81.0 Å². The summed E-state index contributed by atoms with van der Waals surface area (Å²) >= 11 is 0. The number of terminal acetylenes is 1. The van der Waals surface area contributed by atoms with Gasteiger partial charge in [-0.25, -0.2) is 9.18 Å². The number of halogens is 1. The Morgan fingerprint density at radius 3 is 2.48 bits per heavy atom. The molecule has 2 saturated carbocycles. The third-order valence-corrected chi connectivity index (χ3v) is 11.7. The molecular formula is C44H47FN6O5. The molecule has 2 aromatic heterocycles. The number of aromatic amines is 1. The second-order valence-electron chi connectivity index (χ2n) is 17.0. The summed E-state index contributed by atoms with van der Waals surface area (Å²) in [4.78, 5) is 27.7. The second kappa shape index (κ2) is 13.7.